The zero-order chi connectivity index (χ0) is 8.10. The Balaban J connectivity index is 0.00000121. The molecule has 0 aliphatic carbocycles. The number of para-hydroxylation sites is 1. The van der Waals surface area contributed by atoms with E-state index in [4.69, 9.17) is 9.92 Å². The standard InChI is InChI=1S/C7H9NO2S.Na.H/c8-6-11(9)10-7-4-2-1-3-5-7;;/h1-5H,6,8H2;;. The quantitative estimate of drug-likeness (QED) is 0.690. The molecule has 62 valence electrons. The Bertz CT molecular complexity index is 242. The van der Waals surface area contributed by atoms with Crippen molar-refractivity contribution in [1.82, 2.24) is 0 Å². The fraction of sp³-hybridized carbons (Fsp3) is 0.143. The van der Waals surface area contributed by atoms with Gasteiger partial charge < -0.3 is 9.92 Å². The summed E-state index contributed by atoms with van der Waals surface area (Å²) < 4.78 is 15.7. The van der Waals surface area contributed by atoms with Crippen molar-refractivity contribution < 1.29 is 8.39 Å². The van der Waals surface area contributed by atoms with E-state index in [1.807, 2.05) is 18.2 Å². The van der Waals surface area contributed by atoms with E-state index in [0.29, 0.717) is 5.75 Å². The van der Waals surface area contributed by atoms with Crippen LogP contribution in [-0.2, 0) is 11.1 Å². The van der Waals surface area contributed by atoms with Crippen molar-refractivity contribution in [3.05, 3.63) is 30.3 Å². The second-order valence-corrected chi connectivity index (χ2v) is 2.97. The molecule has 0 spiro atoms. The first-order valence-electron chi connectivity index (χ1n) is 3.15. The van der Waals surface area contributed by atoms with Crippen LogP contribution in [0.2, 0.25) is 0 Å². The number of rotatable bonds is 3. The van der Waals surface area contributed by atoms with Crippen LogP contribution >= 0.6 is 0 Å². The van der Waals surface area contributed by atoms with E-state index in [-0.39, 0.29) is 35.4 Å². The third-order valence-electron chi connectivity index (χ3n) is 1.07. The third-order valence-corrected chi connectivity index (χ3v) is 1.72. The summed E-state index contributed by atoms with van der Waals surface area (Å²) in [6.45, 7) is 0. The second-order valence-electron chi connectivity index (χ2n) is 1.87. The number of benzene rings is 1. The minimum absolute atomic E-state index is 0. The SMILES string of the molecule is NCS(=O)Oc1ccccc1.[NaH]. The van der Waals surface area contributed by atoms with Crippen LogP contribution in [0.3, 0.4) is 0 Å². The summed E-state index contributed by atoms with van der Waals surface area (Å²) in [6, 6.07) is 8.94. The Morgan fingerprint density at radius 1 is 1.33 bits per heavy atom. The molecule has 3 nitrogen and oxygen atoms in total. The van der Waals surface area contributed by atoms with Crippen LogP contribution in [0.4, 0.5) is 0 Å². The summed E-state index contributed by atoms with van der Waals surface area (Å²) in [4.78, 5) is 0. The Kier molecular flexibility index (Phi) is 6.70. The summed E-state index contributed by atoms with van der Waals surface area (Å²) in [6.07, 6.45) is 0. The molecule has 0 heterocycles. The Morgan fingerprint density at radius 2 is 1.92 bits per heavy atom. The molecule has 2 N–H and O–H groups in total. The first-order valence-corrected chi connectivity index (χ1v) is 4.39. The molecule has 1 aromatic carbocycles. The van der Waals surface area contributed by atoms with Crippen molar-refractivity contribution in [1.29, 1.82) is 0 Å². The average Bonchev–Trinajstić information content (AvgIpc) is 2.06. The Hall–Kier alpha value is 0.130. The predicted octanol–water partition coefficient (Wildman–Crippen LogP) is -0.00320. The summed E-state index contributed by atoms with van der Waals surface area (Å²) in [7, 11) is 0. The zero-order valence-electron chi connectivity index (χ0n) is 5.90. The maximum atomic E-state index is 10.7. The summed E-state index contributed by atoms with van der Waals surface area (Å²) in [5.74, 6) is 0.603. The van der Waals surface area contributed by atoms with Gasteiger partial charge in [-0.3, -0.25) is 0 Å². The van der Waals surface area contributed by atoms with Crippen molar-refractivity contribution in [3.63, 3.8) is 0 Å². The molecular formula is C7H10NNaO2S. The van der Waals surface area contributed by atoms with Gasteiger partial charge in [-0.25, -0.2) is 4.21 Å². The third kappa shape index (κ3) is 4.23. The normalized spacial score (nSPS) is 11.4. The first kappa shape index (κ1) is 12.1. The van der Waals surface area contributed by atoms with E-state index in [1.54, 1.807) is 12.1 Å². The minimum atomic E-state index is -1.40. The summed E-state index contributed by atoms with van der Waals surface area (Å²) in [5.41, 5.74) is 5.09. The van der Waals surface area contributed by atoms with Crippen molar-refractivity contribution in [2.24, 2.45) is 5.73 Å². The van der Waals surface area contributed by atoms with E-state index in [2.05, 4.69) is 0 Å². The van der Waals surface area contributed by atoms with Crippen molar-refractivity contribution in [3.8, 4) is 5.75 Å². The fourth-order valence-corrected chi connectivity index (χ4v) is 1.01. The molecule has 0 bridgehead atoms. The van der Waals surface area contributed by atoms with E-state index in [0.717, 1.165) is 0 Å². The van der Waals surface area contributed by atoms with Crippen LogP contribution in [-0.4, -0.2) is 39.6 Å². The van der Waals surface area contributed by atoms with Crippen LogP contribution in [0.25, 0.3) is 0 Å². The topological polar surface area (TPSA) is 52.3 Å². The molecule has 0 fully saturated rings. The van der Waals surface area contributed by atoms with E-state index in [9.17, 15) is 4.21 Å². The number of nitrogens with two attached hydrogens (primary N) is 1. The van der Waals surface area contributed by atoms with Crippen LogP contribution in [0.1, 0.15) is 0 Å². The molecule has 1 unspecified atom stereocenters. The fourth-order valence-electron chi connectivity index (χ4n) is 0.617. The summed E-state index contributed by atoms with van der Waals surface area (Å²) >= 11 is -1.40. The first-order chi connectivity index (χ1) is 5.33. The molecule has 0 aliphatic heterocycles. The molecule has 0 amide bonds. The molecule has 0 aromatic heterocycles. The predicted molar refractivity (Wildman–Crippen MR) is 51.4 cm³/mol. The van der Waals surface area contributed by atoms with Gasteiger partial charge in [-0.05, 0) is 12.1 Å². The van der Waals surface area contributed by atoms with Gasteiger partial charge >= 0.3 is 29.6 Å². The molecular weight excluding hydrogens is 185 g/mol. The zero-order valence-corrected chi connectivity index (χ0v) is 6.71. The van der Waals surface area contributed by atoms with Crippen LogP contribution in [0, 0.1) is 0 Å². The van der Waals surface area contributed by atoms with E-state index < -0.39 is 11.1 Å². The van der Waals surface area contributed by atoms with Crippen LogP contribution in [0.5, 0.6) is 5.75 Å². The van der Waals surface area contributed by atoms with Gasteiger partial charge in [-0.2, -0.15) is 0 Å². The molecule has 0 aliphatic rings. The second kappa shape index (κ2) is 6.62. The van der Waals surface area contributed by atoms with Crippen molar-refractivity contribution >= 4 is 40.6 Å². The number of hydrogen-bond donors (Lipinski definition) is 1. The van der Waals surface area contributed by atoms with Gasteiger partial charge in [0.2, 0.25) is 11.1 Å². The molecule has 1 rings (SSSR count). The van der Waals surface area contributed by atoms with Crippen molar-refractivity contribution in [2.45, 2.75) is 0 Å². The molecule has 0 saturated carbocycles. The van der Waals surface area contributed by atoms with Gasteiger partial charge in [0.1, 0.15) is 11.6 Å². The molecule has 1 aromatic rings. The summed E-state index contributed by atoms with van der Waals surface area (Å²) in [5, 5.41) is 0. The number of hydrogen-bond acceptors (Lipinski definition) is 3. The van der Waals surface area contributed by atoms with Gasteiger partial charge in [-0.1, -0.05) is 18.2 Å². The van der Waals surface area contributed by atoms with Crippen LogP contribution in [0.15, 0.2) is 30.3 Å². The van der Waals surface area contributed by atoms with E-state index in [1.165, 1.54) is 0 Å². The van der Waals surface area contributed by atoms with Gasteiger partial charge in [0.15, 0.2) is 0 Å². The van der Waals surface area contributed by atoms with Crippen LogP contribution < -0.4 is 9.92 Å². The van der Waals surface area contributed by atoms with Gasteiger partial charge in [0.25, 0.3) is 0 Å². The molecule has 12 heavy (non-hydrogen) atoms. The molecule has 1 atom stereocenters. The molecule has 5 heteroatoms. The Labute approximate surface area is 96.2 Å². The van der Waals surface area contributed by atoms with Gasteiger partial charge in [-0.15, -0.1) is 0 Å². The maximum absolute atomic E-state index is 10.7. The van der Waals surface area contributed by atoms with Crippen molar-refractivity contribution in [2.75, 3.05) is 5.88 Å². The average molecular weight is 195 g/mol. The molecule has 0 saturated heterocycles. The monoisotopic (exact) mass is 195 g/mol. The Morgan fingerprint density at radius 3 is 2.42 bits per heavy atom. The molecule has 0 radical (unpaired) electrons. The van der Waals surface area contributed by atoms with E-state index >= 15 is 0 Å². The van der Waals surface area contributed by atoms with Gasteiger partial charge in [0, 0.05) is 0 Å². The van der Waals surface area contributed by atoms with Gasteiger partial charge in [0.05, 0.1) is 0 Å².